The van der Waals surface area contributed by atoms with Gasteiger partial charge in [-0.2, -0.15) is 0 Å². The van der Waals surface area contributed by atoms with Crippen LogP contribution < -0.4 is 0 Å². The van der Waals surface area contributed by atoms with E-state index in [1.54, 1.807) is 6.92 Å². The van der Waals surface area contributed by atoms with Crippen LogP contribution in [-0.4, -0.2) is 34.8 Å². The summed E-state index contributed by atoms with van der Waals surface area (Å²) in [6.45, 7) is 8.13. The van der Waals surface area contributed by atoms with E-state index < -0.39 is 0 Å². The fourth-order valence-electron chi connectivity index (χ4n) is 4.08. The van der Waals surface area contributed by atoms with Gasteiger partial charge in [-0.25, -0.2) is 4.98 Å². The fraction of sp³-hybridized carbons (Fsp3) is 0.360. The average Bonchev–Trinajstić information content (AvgIpc) is 3.31. The van der Waals surface area contributed by atoms with Crippen LogP contribution in [0.1, 0.15) is 48.5 Å². The summed E-state index contributed by atoms with van der Waals surface area (Å²) >= 11 is 0. The van der Waals surface area contributed by atoms with Crippen LogP contribution in [0.3, 0.4) is 0 Å². The number of hydrogen-bond acceptors (Lipinski definition) is 4. The number of ketones is 1. The van der Waals surface area contributed by atoms with Gasteiger partial charge in [-0.15, -0.1) is 0 Å². The minimum Gasteiger partial charge on any atom is -0.441 e. The summed E-state index contributed by atoms with van der Waals surface area (Å²) in [6.07, 6.45) is 3.52. The van der Waals surface area contributed by atoms with Gasteiger partial charge in [-0.05, 0) is 69.5 Å². The third kappa shape index (κ3) is 4.33. The normalized spacial score (nSPS) is 17.0. The summed E-state index contributed by atoms with van der Waals surface area (Å²) in [6, 6.07) is 16.6. The topological polar surface area (TPSA) is 46.3 Å². The van der Waals surface area contributed by atoms with Crippen LogP contribution in [0.25, 0.3) is 22.6 Å². The maximum absolute atomic E-state index is 11.6. The van der Waals surface area contributed by atoms with Gasteiger partial charge in [-0.3, -0.25) is 4.79 Å². The average molecular weight is 389 g/mol. The number of hydrogen-bond donors (Lipinski definition) is 0. The minimum absolute atomic E-state index is 0.0783. The van der Waals surface area contributed by atoms with E-state index in [0.717, 1.165) is 46.7 Å². The minimum atomic E-state index is 0.0783. The van der Waals surface area contributed by atoms with Crippen molar-refractivity contribution in [3.63, 3.8) is 0 Å². The van der Waals surface area contributed by atoms with Crippen molar-refractivity contribution in [2.24, 2.45) is 0 Å². The number of Topliss-reactive ketones (excluding diaryl/α,β-unsaturated/α-hetero) is 1. The molecule has 4 heteroatoms. The van der Waals surface area contributed by atoms with E-state index in [0.29, 0.717) is 11.9 Å². The molecule has 1 fully saturated rings. The maximum atomic E-state index is 11.6. The highest BCUT2D eigenvalue weighted by Gasteiger charge is 2.21. The number of aryl methyl sites for hydroxylation is 1. The zero-order valence-electron chi connectivity index (χ0n) is 17.4. The van der Waals surface area contributed by atoms with E-state index in [1.165, 1.54) is 19.4 Å². The Morgan fingerprint density at radius 3 is 2.59 bits per heavy atom. The van der Waals surface area contributed by atoms with Gasteiger partial charge in [0.2, 0.25) is 5.89 Å². The predicted octanol–water partition coefficient (Wildman–Crippen LogP) is 5.55. The predicted molar refractivity (Wildman–Crippen MR) is 116 cm³/mol. The van der Waals surface area contributed by atoms with Gasteiger partial charge < -0.3 is 9.32 Å². The molecule has 0 radical (unpaired) electrons. The SMILES string of the molecule is CC(=O)c1cccc(-c2ccc(-c3nc(CCN4CCC[C@H]4C)c(C)o3)cc2)c1. The van der Waals surface area contributed by atoms with Crippen molar-refractivity contribution in [2.45, 2.75) is 46.1 Å². The lowest BCUT2D eigenvalue weighted by atomic mass is 10.0. The summed E-state index contributed by atoms with van der Waals surface area (Å²) in [4.78, 5) is 18.9. The molecule has 150 valence electrons. The lowest BCUT2D eigenvalue weighted by molar-refractivity contribution is 0.101. The lowest BCUT2D eigenvalue weighted by Crippen LogP contribution is -2.29. The van der Waals surface area contributed by atoms with Crippen molar-refractivity contribution in [3.8, 4) is 22.6 Å². The summed E-state index contributed by atoms with van der Waals surface area (Å²) in [5.74, 6) is 1.66. The molecule has 0 saturated carbocycles. The van der Waals surface area contributed by atoms with Gasteiger partial charge in [0.15, 0.2) is 5.78 Å². The number of carbonyl (C=O) groups excluding carboxylic acids is 1. The van der Waals surface area contributed by atoms with E-state index in [4.69, 9.17) is 9.40 Å². The molecule has 1 aliphatic rings. The van der Waals surface area contributed by atoms with Crippen molar-refractivity contribution < 1.29 is 9.21 Å². The molecule has 4 nitrogen and oxygen atoms in total. The Balaban J connectivity index is 1.49. The molecule has 1 aliphatic heterocycles. The Bertz CT molecular complexity index is 1000. The molecular formula is C25H28N2O2. The maximum Gasteiger partial charge on any atom is 0.226 e. The molecular weight excluding hydrogens is 360 g/mol. The Morgan fingerprint density at radius 2 is 1.90 bits per heavy atom. The second-order valence-electron chi connectivity index (χ2n) is 8.01. The molecule has 2 heterocycles. The van der Waals surface area contributed by atoms with Crippen LogP contribution >= 0.6 is 0 Å². The monoisotopic (exact) mass is 388 g/mol. The largest absolute Gasteiger partial charge is 0.441 e. The zero-order valence-corrected chi connectivity index (χ0v) is 17.4. The van der Waals surface area contributed by atoms with Crippen LogP contribution in [0.2, 0.25) is 0 Å². The van der Waals surface area contributed by atoms with Gasteiger partial charge in [0, 0.05) is 30.1 Å². The highest BCUT2D eigenvalue weighted by atomic mass is 16.4. The molecule has 29 heavy (non-hydrogen) atoms. The van der Waals surface area contributed by atoms with Crippen LogP contribution in [0, 0.1) is 6.92 Å². The van der Waals surface area contributed by atoms with E-state index in [9.17, 15) is 4.79 Å². The third-order valence-corrected chi connectivity index (χ3v) is 5.95. The number of rotatable bonds is 6. The Labute approximate surface area is 172 Å². The second-order valence-corrected chi connectivity index (χ2v) is 8.01. The second kappa shape index (κ2) is 8.34. The van der Waals surface area contributed by atoms with Gasteiger partial charge in [0.05, 0.1) is 5.69 Å². The van der Waals surface area contributed by atoms with Crippen LogP contribution in [0.4, 0.5) is 0 Å². The van der Waals surface area contributed by atoms with Crippen LogP contribution in [0.5, 0.6) is 0 Å². The molecule has 0 aliphatic carbocycles. The first-order valence-corrected chi connectivity index (χ1v) is 10.4. The number of likely N-dealkylation sites (tertiary alicyclic amines) is 1. The molecule has 0 N–H and O–H groups in total. The van der Waals surface area contributed by atoms with E-state index >= 15 is 0 Å². The first-order valence-electron chi connectivity index (χ1n) is 10.4. The molecule has 0 unspecified atom stereocenters. The summed E-state index contributed by atoms with van der Waals surface area (Å²) in [5.41, 5.74) is 4.86. The van der Waals surface area contributed by atoms with Crippen molar-refractivity contribution in [3.05, 3.63) is 65.5 Å². The molecule has 2 aromatic carbocycles. The lowest BCUT2D eigenvalue weighted by Gasteiger charge is -2.20. The molecule has 4 rings (SSSR count). The van der Waals surface area contributed by atoms with Crippen molar-refractivity contribution in [1.29, 1.82) is 0 Å². The molecule has 1 aromatic heterocycles. The van der Waals surface area contributed by atoms with Crippen molar-refractivity contribution >= 4 is 5.78 Å². The van der Waals surface area contributed by atoms with Crippen LogP contribution in [0.15, 0.2) is 52.9 Å². The van der Waals surface area contributed by atoms with E-state index in [-0.39, 0.29) is 5.78 Å². The summed E-state index contributed by atoms with van der Waals surface area (Å²) in [5, 5.41) is 0. The molecule has 0 spiro atoms. The Hall–Kier alpha value is -2.72. The number of aromatic nitrogens is 1. The van der Waals surface area contributed by atoms with E-state index in [2.05, 4.69) is 24.0 Å². The summed E-state index contributed by atoms with van der Waals surface area (Å²) < 4.78 is 5.96. The molecule has 0 bridgehead atoms. The first-order chi connectivity index (χ1) is 14.0. The molecule has 3 aromatic rings. The van der Waals surface area contributed by atoms with Gasteiger partial charge in [0.1, 0.15) is 5.76 Å². The number of benzene rings is 2. The quantitative estimate of drug-likeness (QED) is 0.520. The molecule has 1 atom stereocenters. The fourth-order valence-corrected chi connectivity index (χ4v) is 4.08. The highest BCUT2D eigenvalue weighted by molar-refractivity contribution is 5.95. The van der Waals surface area contributed by atoms with Crippen molar-refractivity contribution in [2.75, 3.05) is 13.1 Å². The van der Waals surface area contributed by atoms with E-state index in [1.807, 2.05) is 43.3 Å². The van der Waals surface area contributed by atoms with Crippen molar-refractivity contribution in [1.82, 2.24) is 9.88 Å². The smallest absolute Gasteiger partial charge is 0.226 e. The number of oxazole rings is 1. The van der Waals surface area contributed by atoms with Gasteiger partial charge in [-0.1, -0.05) is 30.3 Å². The number of nitrogens with zero attached hydrogens (tertiary/aromatic N) is 2. The standard InChI is InChI=1S/C25H28N2O2/c1-17-6-5-14-27(17)15-13-24-19(3)29-25(26-24)21-11-9-20(10-12-21)23-8-4-7-22(16-23)18(2)28/h4,7-12,16-17H,5-6,13-15H2,1-3H3/t17-/m1/s1. The Kier molecular flexibility index (Phi) is 5.63. The summed E-state index contributed by atoms with van der Waals surface area (Å²) in [7, 11) is 0. The first kappa shape index (κ1) is 19.6. The highest BCUT2D eigenvalue weighted by Crippen LogP contribution is 2.27. The third-order valence-electron chi connectivity index (χ3n) is 5.95. The van der Waals surface area contributed by atoms with Gasteiger partial charge >= 0.3 is 0 Å². The zero-order chi connectivity index (χ0) is 20.4. The van der Waals surface area contributed by atoms with Gasteiger partial charge in [0.25, 0.3) is 0 Å². The molecule has 1 saturated heterocycles. The molecule has 0 amide bonds. The number of carbonyl (C=O) groups is 1. The van der Waals surface area contributed by atoms with Crippen LogP contribution in [-0.2, 0) is 6.42 Å². The Morgan fingerprint density at radius 1 is 1.14 bits per heavy atom.